The smallest absolute Gasteiger partial charge is 0.333 e. The SMILES string of the molecule is NS(=O)(=O)OC[C@H]1C[C@@H](Nc2ncncc2C(=O)c2cc([C@@H](O)c3cccc(Br)c3)cs2)C[C@@H]1O. The van der Waals surface area contributed by atoms with E-state index in [1.54, 1.807) is 17.5 Å². The maximum atomic E-state index is 13.3. The number of benzene rings is 1. The number of nitrogens with two attached hydrogens (primary N) is 1. The number of hydrogen-bond acceptors (Lipinski definition) is 10. The fraction of sp³-hybridized carbons (Fsp3) is 0.318. The summed E-state index contributed by atoms with van der Waals surface area (Å²) in [4.78, 5) is 21.9. The van der Waals surface area contributed by atoms with Gasteiger partial charge in [-0.3, -0.25) is 8.98 Å². The number of nitrogens with zero attached hydrogens (tertiary/aromatic N) is 2. The summed E-state index contributed by atoms with van der Waals surface area (Å²) in [6.07, 6.45) is 1.76. The van der Waals surface area contributed by atoms with Crippen LogP contribution in [0.5, 0.6) is 0 Å². The zero-order chi connectivity index (χ0) is 25.2. The number of hydrogen-bond donors (Lipinski definition) is 4. The molecule has 35 heavy (non-hydrogen) atoms. The molecular formula is C22H23BrN4O6S2. The Balaban J connectivity index is 1.47. The topological polar surface area (TPSA) is 165 Å². The molecule has 186 valence electrons. The number of rotatable bonds is 9. The number of halogens is 1. The van der Waals surface area contributed by atoms with Gasteiger partial charge in [-0.2, -0.15) is 8.42 Å². The second-order valence-electron chi connectivity index (χ2n) is 8.23. The predicted octanol–water partition coefficient (Wildman–Crippen LogP) is 2.38. The fourth-order valence-corrected chi connectivity index (χ4v) is 5.66. The van der Waals surface area contributed by atoms with Gasteiger partial charge in [0.25, 0.3) is 0 Å². The molecule has 13 heteroatoms. The highest BCUT2D eigenvalue weighted by molar-refractivity contribution is 9.10. The molecule has 0 spiro atoms. The van der Waals surface area contributed by atoms with E-state index in [1.807, 2.05) is 18.2 Å². The number of nitrogens with one attached hydrogen (secondary N) is 1. The van der Waals surface area contributed by atoms with Crippen molar-refractivity contribution < 1.29 is 27.6 Å². The van der Waals surface area contributed by atoms with Crippen LogP contribution in [0.1, 0.15) is 45.3 Å². The lowest BCUT2D eigenvalue weighted by Gasteiger charge is -2.15. The molecule has 1 aromatic carbocycles. The highest BCUT2D eigenvalue weighted by atomic mass is 79.9. The van der Waals surface area contributed by atoms with Crippen molar-refractivity contribution >= 4 is 49.2 Å². The van der Waals surface area contributed by atoms with E-state index in [0.717, 1.165) is 4.47 Å². The molecule has 0 unspecified atom stereocenters. The molecular weight excluding hydrogens is 560 g/mol. The Labute approximate surface area is 214 Å². The first kappa shape index (κ1) is 25.8. The summed E-state index contributed by atoms with van der Waals surface area (Å²) in [6.45, 7) is -0.230. The Morgan fingerprint density at radius 3 is 2.86 bits per heavy atom. The van der Waals surface area contributed by atoms with E-state index >= 15 is 0 Å². The summed E-state index contributed by atoms with van der Waals surface area (Å²) in [6, 6.07) is 8.69. The maximum Gasteiger partial charge on any atom is 0.333 e. The lowest BCUT2D eigenvalue weighted by Crippen LogP contribution is -2.24. The Hall–Kier alpha value is -2.26. The van der Waals surface area contributed by atoms with Crippen molar-refractivity contribution in [2.24, 2.45) is 11.1 Å². The number of carbonyl (C=O) groups excluding carboxylic acids is 1. The fourth-order valence-electron chi connectivity index (χ4n) is 4.00. The highest BCUT2D eigenvalue weighted by Gasteiger charge is 2.35. The lowest BCUT2D eigenvalue weighted by atomic mass is 10.0. The van der Waals surface area contributed by atoms with Gasteiger partial charge in [0.05, 0.1) is 23.2 Å². The zero-order valence-corrected chi connectivity index (χ0v) is 21.5. The normalized spacial score (nSPS) is 21.1. The molecule has 0 bridgehead atoms. The quantitative estimate of drug-likeness (QED) is 0.277. The van der Waals surface area contributed by atoms with Crippen molar-refractivity contribution in [3.05, 3.63) is 74.3 Å². The molecule has 2 heterocycles. The minimum Gasteiger partial charge on any atom is -0.393 e. The van der Waals surface area contributed by atoms with Gasteiger partial charge in [0.1, 0.15) is 18.2 Å². The molecule has 2 aromatic heterocycles. The van der Waals surface area contributed by atoms with E-state index in [2.05, 4.69) is 35.4 Å². The van der Waals surface area contributed by atoms with Gasteiger partial charge in [0.2, 0.25) is 5.78 Å². The molecule has 0 saturated heterocycles. The number of carbonyl (C=O) groups is 1. The van der Waals surface area contributed by atoms with E-state index in [4.69, 9.17) is 5.14 Å². The van der Waals surface area contributed by atoms with Crippen LogP contribution in [0.25, 0.3) is 0 Å². The largest absolute Gasteiger partial charge is 0.393 e. The standard InChI is InChI=1S/C22H23BrN4O6S2/c23-15-3-1-2-12(4-15)20(29)14-6-19(34-10-14)21(30)17-8-25-11-26-22(17)27-16-5-13(18(28)7-16)9-33-35(24,31)32/h1-4,6,8,10-11,13,16,18,20,28-29H,5,7,9H2,(H2,24,31,32)(H,25,26,27)/t13-,16-,18+,20+/m1/s1. The molecule has 0 radical (unpaired) electrons. The molecule has 4 rings (SSSR count). The average Bonchev–Trinajstić information content (AvgIpc) is 3.43. The molecule has 1 aliphatic carbocycles. The Kier molecular flexibility index (Phi) is 7.96. The van der Waals surface area contributed by atoms with Crippen LogP contribution in [0.15, 0.2) is 52.7 Å². The number of thiophene rings is 1. The van der Waals surface area contributed by atoms with Crippen molar-refractivity contribution in [1.29, 1.82) is 0 Å². The molecule has 0 amide bonds. The summed E-state index contributed by atoms with van der Waals surface area (Å²) in [5, 5.41) is 30.8. The summed E-state index contributed by atoms with van der Waals surface area (Å²) >= 11 is 4.60. The van der Waals surface area contributed by atoms with E-state index in [9.17, 15) is 23.4 Å². The lowest BCUT2D eigenvalue weighted by molar-refractivity contribution is 0.101. The number of anilines is 1. The van der Waals surface area contributed by atoms with E-state index in [-0.39, 0.29) is 24.0 Å². The summed E-state index contributed by atoms with van der Waals surface area (Å²) in [5.41, 5.74) is 1.54. The highest BCUT2D eigenvalue weighted by Crippen LogP contribution is 2.32. The Morgan fingerprint density at radius 2 is 2.11 bits per heavy atom. The van der Waals surface area contributed by atoms with Crippen LogP contribution < -0.4 is 10.5 Å². The van der Waals surface area contributed by atoms with Gasteiger partial charge >= 0.3 is 10.3 Å². The monoisotopic (exact) mass is 582 g/mol. The minimum absolute atomic E-state index is 0.230. The minimum atomic E-state index is -4.10. The van der Waals surface area contributed by atoms with Crippen molar-refractivity contribution in [3.63, 3.8) is 0 Å². The molecule has 10 nitrogen and oxygen atoms in total. The van der Waals surface area contributed by atoms with Crippen LogP contribution in [0.4, 0.5) is 5.82 Å². The first-order valence-corrected chi connectivity index (χ1v) is 13.7. The van der Waals surface area contributed by atoms with E-state index in [0.29, 0.717) is 34.7 Å². The number of aromatic nitrogens is 2. The molecule has 1 aliphatic rings. The van der Waals surface area contributed by atoms with Crippen molar-refractivity contribution in [1.82, 2.24) is 9.97 Å². The van der Waals surface area contributed by atoms with Crippen LogP contribution >= 0.6 is 27.3 Å². The molecule has 5 N–H and O–H groups in total. The van der Waals surface area contributed by atoms with Crippen LogP contribution in [0.3, 0.4) is 0 Å². The molecule has 3 aromatic rings. The Bertz CT molecular complexity index is 1320. The summed E-state index contributed by atoms with van der Waals surface area (Å²) in [5.74, 6) is -0.442. The first-order chi connectivity index (χ1) is 16.6. The molecule has 1 fully saturated rings. The van der Waals surface area contributed by atoms with Crippen molar-refractivity contribution in [2.45, 2.75) is 31.1 Å². The molecule has 4 atom stereocenters. The van der Waals surface area contributed by atoms with Crippen LogP contribution in [0, 0.1) is 5.92 Å². The average molecular weight is 583 g/mol. The van der Waals surface area contributed by atoms with Gasteiger partial charge in [-0.05, 0) is 47.5 Å². The third-order valence-electron chi connectivity index (χ3n) is 5.73. The van der Waals surface area contributed by atoms with Crippen LogP contribution in [-0.2, 0) is 14.5 Å². The summed E-state index contributed by atoms with van der Waals surface area (Å²) < 4.78 is 27.6. The van der Waals surface area contributed by atoms with Crippen LogP contribution in [-0.4, -0.2) is 53.1 Å². The second kappa shape index (κ2) is 10.8. The van der Waals surface area contributed by atoms with Gasteiger partial charge in [0.15, 0.2) is 0 Å². The van der Waals surface area contributed by atoms with Gasteiger partial charge in [-0.15, -0.1) is 11.3 Å². The third-order valence-corrected chi connectivity index (χ3v) is 7.63. The van der Waals surface area contributed by atoms with Gasteiger partial charge in [-0.1, -0.05) is 28.1 Å². The number of aliphatic hydroxyl groups is 2. The number of ketones is 1. The number of aliphatic hydroxyl groups excluding tert-OH is 2. The maximum absolute atomic E-state index is 13.3. The van der Waals surface area contributed by atoms with Crippen molar-refractivity contribution in [2.75, 3.05) is 11.9 Å². The predicted molar refractivity (Wildman–Crippen MR) is 133 cm³/mol. The summed E-state index contributed by atoms with van der Waals surface area (Å²) in [7, 11) is -4.10. The zero-order valence-electron chi connectivity index (χ0n) is 18.2. The van der Waals surface area contributed by atoms with Crippen LogP contribution in [0.2, 0.25) is 0 Å². The van der Waals surface area contributed by atoms with Gasteiger partial charge < -0.3 is 15.5 Å². The first-order valence-electron chi connectivity index (χ1n) is 10.6. The van der Waals surface area contributed by atoms with E-state index < -0.39 is 28.4 Å². The second-order valence-corrected chi connectivity index (χ2v) is 11.3. The van der Waals surface area contributed by atoms with Gasteiger partial charge in [0, 0.05) is 22.6 Å². The van der Waals surface area contributed by atoms with E-state index in [1.165, 1.54) is 23.9 Å². The third kappa shape index (κ3) is 6.50. The Morgan fingerprint density at radius 1 is 1.31 bits per heavy atom. The molecule has 1 saturated carbocycles. The van der Waals surface area contributed by atoms with Gasteiger partial charge in [-0.25, -0.2) is 15.1 Å². The molecule has 0 aliphatic heterocycles. The van der Waals surface area contributed by atoms with Crippen molar-refractivity contribution in [3.8, 4) is 0 Å².